The molecule has 2 aromatic heterocycles. The molecule has 0 saturated heterocycles. The molecule has 456 valence electrons. The van der Waals surface area contributed by atoms with Crippen molar-refractivity contribution in [1.82, 2.24) is 19.8 Å². The largest absolute Gasteiger partial charge is 0.741 e. The highest BCUT2D eigenvalue weighted by molar-refractivity contribution is 7.87. The van der Waals surface area contributed by atoms with Crippen LogP contribution in [0.5, 0.6) is 0 Å². The van der Waals surface area contributed by atoms with Crippen LogP contribution in [0.2, 0.25) is 0 Å². The lowest BCUT2D eigenvalue weighted by atomic mass is 10.1. The van der Waals surface area contributed by atoms with E-state index in [2.05, 4.69) is 114 Å². The summed E-state index contributed by atoms with van der Waals surface area (Å²) in [4.78, 5) is 14.4. The average Bonchev–Trinajstić information content (AvgIpc) is 3.33. The molecule has 0 atom stereocenters. The van der Waals surface area contributed by atoms with E-state index < -0.39 is 62.5 Å². The third kappa shape index (κ3) is 33.3. The third-order valence-corrected chi connectivity index (χ3v) is 12.7. The zero-order chi connectivity index (χ0) is 60.9. The molecule has 8 N–H and O–H groups in total. The molecule has 4 aliphatic rings. The third-order valence-electron chi connectivity index (χ3n) is 10.5. The summed E-state index contributed by atoms with van der Waals surface area (Å²) in [6, 6.07) is 31.1. The Balaban J connectivity index is 0.000000806. The normalized spacial score (nSPS) is 16.4. The van der Waals surface area contributed by atoms with Crippen LogP contribution in [0, 0.1) is 0 Å². The predicted octanol–water partition coefficient (Wildman–Crippen LogP) is 1.21. The van der Waals surface area contributed by atoms with Crippen molar-refractivity contribution in [2.24, 2.45) is 0 Å². The van der Waals surface area contributed by atoms with Crippen LogP contribution in [0.3, 0.4) is 0 Å². The number of alkyl halides is 12. The van der Waals surface area contributed by atoms with Crippen LogP contribution in [0.1, 0.15) is 59.3 Å². The zero-order valence-corrected chi connectivity index (χ0v) is 45.4. The Kier molecular flexibility index (Phi) is 31.8. The SMILES string of the molecule is O=S(=O)([O-])C(F)(F)F.O=S(=O)([O-])C(F)(F)F.O=S(=O)([O-])C(F)(F)F.O=S(=O)([O-])C(F)(F)F.c1ccc(CN2CCC[NH2+]Cc3ccc(cc3)C[NH2+]CCCN(Cc3ccccn3)CCC[NH2+]Cc3ccc(cc3)C[NH2+]CCC2)nc1. The Bertz CT molecular complexity index is 2470. The van der Waals surface area contributed by atoms with E-state index in [1.807, 2.05) is 24.5 Å². The van der Waals surface area contributed by atoms with Crippen molar-refractivity contribution in [3.63, 3.8) is 0 Å². The van der Waals surface area contributed by atoms with Gasteiger partial charge in [-0.3, -0.25) is 19.8 Å². The van der Waals surface area contributed by atoms with Crippen molar-refractivity contribution < 1.29 is 126 Å². The molecule has 0 aliphatic carbocycles. The van der Waals surface area contributed by atoms with Crippen molar-refractivity contribution in [1.29, 1.82) is 0 Å². The van der Waals surface area contributed by atoms with Crippen molar-refractivity contribution in [2.75, 3.05) is 52.4 Å². The lowest BCUT2D eigenvalue weighted by molar-refractivity contribution is -0.672. The number of benzene rings is 2. The van der Waals surface area contributed by atoms with Gasteiger partial charge in [0.2, 0.25) is 0 Å². The Morgan fingerprint density at radius 2 is 0.575 bits per heavy atom. The lowest BCUT2D eigenvalue weighted by Crippen LogP contribution is -2.83. The second-order valence-corrected chi connectivity index (χ2v) is 22.5. The molecule has 2 aromatic carbocycles. The summed E-state index contributed by atoms with van der Waals surface area (Å²) < 4.78 is 236. The lowest BCUT2D eigenvalue weighted by Gasteiger charge is -2.21. The van der Waals surface area contributed by atoms with Crippen LogP contribution >= 0.6 is 0 Å². The fourth-order valence-electron chi connectivity index (χ4n) is 6.52. The number of rotatable bonds is 4. The standard InChI is InChI=1S/C40H56N8.4CHF3O3S/c1-3-23-45-39(9-1)33-47-25-5-19-41-29-35-11-15-37(16-12-35)31-43-21-7-27-48(34-40-10-2-4-24-46-40)28-8-22-44-32-38-17-13-36(14-18-38)30-42-20-6-26-47;4*2-1(3,4)8(5,6)7/h1-4,9-18,23-24,41-44H,5-8,19-22,25-34H2;4*(H,5,6,7). The maximum atomic E-state index is 10.7. The highest BCUT2D eigenvalue weighted by atomic mass is 32.2. The van der Waals surface area contributed by atoms with Gasteiger partial charge in [-0.15, -0.1) is 0 Å². The number of nitrogens with two attached hydrogens (primary N) is 4. The fourth-order valence-corrected chi connectivity index (χ4v) is 6.52. The first-order chi connectivity index (χ1) is 36.8. The molecule has 4 aliphatic heterocycles. The van der Waals surface area contributed by atoms with E-state index in [9.17, 15) is 52.7 Å². The summed E-state index contributed by atoms with van der Waals surface area (Å²) in [5.74, 6) is 0. The van der Waals surface area contributed by atoms with Gasteiger partial charge >= 0.3 is 22.0 Å². The molecule has 4 bridgehead atoms. The smallest absolute Gasteiger partial charge is 0.485 e. The first-order valence-electron chi connectivity index (χ1n) is 23.6. The zero-order valence-electron chi connectivity index (χ0n) is 42.1. The number of halogens is 12. The van der Waals surface area contributed by atoms with Crippen LogP contribution in [0.4, 0.5) is 52.7 Å². The van der Waals surface area contributed by atoms with Gasteiger partial charge in [0.05, 0.1) is 37.6 Å². The van der Waals surface area contributed by atoms with E-state index >= 15 is 0 Å². The van der Waals surface area contributed by atoms with Crippen molar-refractivity contribution in [2.45, 2.75) is 87.0 Å². The summed E-state index contributed by atoms with van der Waals surface area (Å²) in [5, 5.41) is 9.86. The highest BCUT2D eigenvalue weighted by Crippen LogP contribution is 2.22. The maximum absolute atomic E-state index is 10.7. The highest BCUT2D eigenvalue weighted by Gasteiger charge is 2.39. The summed E-state index contributed by atoms with van der Waals surface area (Å²) in [7, 11) is -24.4. The summed E-state index contributed by atoms with van der Waals surface area (Å²) in [5.41, 5.74) is -14.6. The second kappa shape index (κ2) is 34.7. The van der Waals surface area contributed by atoms with Crippen molar-refractivity contribution >= 4 is 40.5 Å². The fraction of sp³-hybridized carbons (Fsp3) is 0.500. The minimum Gasteiger partial charge on any atom is -0.741 e. The van der Waals surface area contributed by atoms with Gasteiger partial charge in [0.15, 0.2) is 40.5 Å². The molecular formula is C44H60F12N8O12S4. The van der Waals surface area contributed by atoms with Gasteiger partial charge in [-0.25, -0.2) is 33.7 Å². The van der Waals surface area contributed by atoms with E-state index in [1.54, 1.807) is 0 Å². The molecule has 0 radical (unpaired) electrons. The van der Waals surface area contributed by atoms with Gasteiger partial charge in [0.1, 0.15) is 26.2 Å². The second-order valence-electron chi connectivity index (χ2n) is 17.0. The van der Waals surface area contributed by atoms with Gasteiger partial charge in [0.25, 0.3) is 0 Å². The molecular weight excluding hydrogens is 1190 g/mol. The number of quaternary nitrogens is 4. The number of pyridine rings is 2. The molecule has 20 nitrogen and oxygen atoms in total. The molecule has 0 fully saturated rings. The van der Waals surface area contributed by atoms with Crippen molar-refractivity contribution in [3.8, 4) is 0 Å². The molecule has 6 heterocycles. The number of aromatic nitrogens is 2. The monoisotopic (exact) mass is 1250 g/mol. The molecule has 0 saturated carbocycles. The average molecular weight is 1250 g/mol. The Morgan fingerprint density at radius 3 is 0.738 bits per heavy atom. The maximum Gasteiger partial charge on any atom is 0.485 e. The van der Waals surface area contributed by atoms with Crippen LogP contribution in [-0.2, 0) is 79.7 Å². The van der Waals surface area contributed by atoms with Crippen LogP contribution in [0.25, 0.3) is 0 Å². The van der Waals surface area contributed by atoms with E-state index in [0.29, 0.717) is 0 Å². The van der Waals surface area contributed by atoms with Gasteiger partial charge < -0.3 is 39.5 Å². The van der Waals surface area contributed by atoms with E-state index in [0.717, 1.165) is 91.6 Å². The molecule has 8 rings (SSSR count). The predicted molar refractivity (Wildman–Crippen MR) is 255 cm³/mol. The van der Waals surface area contributed by atoms with Crippen LogP contribution in [-0.4, -0.2) is 146 Å². The van der Waals surface area contributed by atoms with Crippen molar-refractivity contribution in [3.05, 3.63) is 131 Å². The number of hydrogen-bond acceptors (Lipinski definition) is 16. The summed E-state index contributed by atoms with van der Waals surface area (Å²) in [6.45, 7) is 15.1. The summed E-state index contributed by atoms with van der Waals surface area (Å²) >= 11 is 0. The molecule has 0 unspecified atom stereocenters. The number of nitrogens with zero attached hydrogens (tertiary/aromatic N) is 4. The molecule has 0 amide bonds. The Labute approximate surface area is 454 Å². The van der Waals surface area contributed by atoms with Gasteiger partial charge in [0, 0.05) is 99.6 Å². The quantitative estimate of drug-likeness (QED) is 0.127. The van der Waals surface area contributed by atoms with Gasteiger partial charge in [-0.1, -0.05) is 60.7 Å². The molecule has 80 heavy (non-hydrogen) atoms. The summed E-state index contributed by atoms with van der Waals surface area (Å²) in [6.07, 6.45) is 8.58. The van der Waals surface area contributed by atoms with E-state index in [-0.39, 0.29) is 0 Å². The first-order valence-corrected chi connectivity index (χ1v) is 29.2. The minimum atomic E-state index is -6.09. The first kappa shape index (κ1) is 73.3. The number of hydrogen-bond donors (Lipinski definition) is 4. The topological polar surface area (TPSA) is 328 Å². The molecule has 36 heteroatoms. The molecule has 0 spiro atoms. The van der Waals surface area contributed by atoms with E-state index in [1.165, 1.54) is 59.3 Å². The van der Waals surface area contributed by atoms with E-state index in [4.69, 9.17) is 51.9 Å². The Hall–Kier alpha value is -4.70. The molecule has 4 aromatic rings. The Morgan fingerprint density at radius 1 is 0.375 bits per heavy atom. The minimum absolute atomic E-state index is 0.932. The van der Waals surface area contributed by atoms with Crippen LogP contribution in [0.15, 0.2) is 97.3 Å². The van der Waals surface area contributed by atoms with Crippen LogP contribution < -0.4 is 21.3 Å². The van der Waals surface area contributed by atoms with Gasteiger partial charge in [-0.2, -0.15) is 52.7 Å². The van der Waals surface area contributed by atoms with Gasteiger partial charge in [-0.05, 0) is 24.3 Å².